The van der Waals surface area contributed by atoms with E-state index in [1.54, 1.807) is 25.3 Å². The summed E-state index contributed by atoms with van der Waals surface area (Å²) in [4.78, 5) is 0. The maximum atomic E-state index is 2.35. The van der Waals surface area contributed by atoms with Crippen molar-refractivity contribution in [3.05, 3.63) is 0 Å². The van der Waals surface area contributed by atoms with E-state index >= 15 is 0 Å². The Morgan fingerprint density at radius 3 is 0.760 bits per heavy atom. The second kappa shape index (κ2) is 18.8. The van der Waals surface area contributed by atoms with Crippen LogP contribution >= 0.6 is 0 Å². The topological polar surface area (TPSA) is 0 Å². The molecule has 0 amide bonds. The molecule has 0 fully saturated rings. The number of hydrogen-bond donors (Lipinski definition) is 0. The Labute approximate surface area is 162 Å². The fraction of sp³-hybridized carbons (Fsp3) is 1.00. The number of rotatable bonds is 20. The highest BCUT2D eigenvalue weighted by atomic mass is 14.1. The smallest absolute Gasteiger partial charge is 0.000747 e. The summed E-state index contributed by atoms with van der Waals surface area (Å²) >= 11 is 0. The molecule has 0 aromatic heterocycles. The summed E-state index contributed by atoms with van der Waals surface area (Å²) in [5.41, 5.74) is 0. The molecule has 0 aromatic carbocycles. The van der Waals surface area contributed by atoms with Crippen molar-refractivity contribution in [2.45, 2.75) is 156 Å². The molecule has 0 aliphatic carbocycles. The largest absolute Gasteiger partial charge is 0.178 e. The van der Waals surface area contributed by atoms with Crippen molar-refractivity contribution < 1.29 is 0 Å². The van der Waals surface area contributed by atoms with Gasteiger partial charge in [0.25, 0.3) is 0 Å². The van der Waals surface area contributed by atoms with Gasteiger partial charge in [0, 0.05) is 6.15 Å². The van der Waals surface area contributed by atoms with Gasteiger partial charge in [-0.3, -0.25) is 0 Å². The Balaban J connectivity index is 4.62. The number of hydrogen-bond acceptors (Lipinski definition) is 0. The van der Waals surface area contributed by atoms with E-state index in [0.717, 1.165) is 0 Å². The summed E-state index contributed by atoms with van der Waals surface area (Å²) in [6.45, 7) is 9.38. The second-order valence-corrected chi connectivity index (χ2v) is 9.13. The molecule has 0 saturated heterocycles. The highest BCUT2D eigenvalue weighted by molar-refractivity contribution is 6.79. The van der Waals surface area contributed by atoms with Crippen LogP contribution in [-0.2, 0) is 0 Å². The summed E-state index contributed by atoms with van der Waals surface area (Å²) < 4.78 is 0. The van der Waals surface area contributed by atoms with Gasteiger partial charge in [0.15, 0.2) is 0 Å². The van der Waals surface area contributed by atoms with Crippen LogP contribution in [0.25, 0.3) is 0 Å². The average Bonchev–Trinajstić information content (AvgIpc) is 2.63. The maximum Gasteiger partial charge on any atom is 0.000747 e. The predicted molar refractivity (Wildman–Crippen MR) is 122 cm³/mol. The minimum Gasteiger partial charge on any atom is -0.178 e. The molecule has 0 radical (unpaired) electrons. The van der Waals surface area contributed by atoms with Crippen molar-refractivity contribution >= 4 is 6.15 Å². The van der Waals surface area contributed by atoms with E-state index in [2.05, 4.69) is 27.7 Å². The number of unbranched alkanes of at least 4 members (excludes halogenated alkanes) is 12. The molecule has 25 heavy (non-hydrogen) atoms. The van der Waals surface area contributed by atoms with Crippen molar-refractivity contribution in [3.63, 3.8) is 0 Å². The first-order valence-electron chi connectivity index (χ1n) is 12.5. The van der Waals surface area contributed by atoms with Crippen molar-refractivity contribution in [1.82, 2.24) is 0 Å². The molecule has 0 unspecified atom stereocenters. The monoisotopic (exact) mass is 351 g/mol. The Kier molecular flexibility index (Phi) is 18.9. The van der Waals surface area contributed by atoms with Crippen molar-refractivity contribution in [1.29, 1.82) is 0 Å². The summed E-state index contributed by atoms with van der Waals surface area (Å²) in [5.74, 6) is 0. The van der Waals surface area contributed by atoms with Gasteiger partial charge in [-0.1, -0.05) is 130 Å². The van der Waals surface area contributed by atoms with Gasteiger partial charge in [-0.2, -0.15) is 25.3 Å². The van der Waals surface area contributed by atoms with Crippen LogP contribution in [0.2, 0.25) is 25.3 Å². The van der Waals surface area contributed by atoms with Gasteiger partial charge in [-0.15, -0.1) is 0 Å². The molecule has 0 bridgehead atoms. The van der Waals surface area contributed by atoms with Gasteiger partial charge in [0.1, 0.15) is 0 Å². The van der Waals surface area contributed by atoms with Crippen LogP contribution in [-0.4, -0.2) is 6.15 Å². The van der Waals surface area contributed by atoms with E-state index in [1.165, 1.54) is 103 Å². The molecule has 1 heteroatoms. The van der Waals surface area contributed by atoms with E-state index in [-0.39, 0.29) is 6.15 Å². The summed E-state index contributed by atoms with van der Waals surface area (Å²) in [6, 6.07) is 0. The third kappa shape index (κ3) is 14.9. The molecule has 0 spiro atoms. The molecule has 0 nitrogen and oxygen atoms in total. The van der Waals surface area contributed by atoms with E-state index in [0.29, 0.717) is 0 Å². The third-order valence-electron chi connectivity index (χ3n) is 6.68. The second-order valence-electron chi connectivity index (χ2n) is 9.13. The normalized spacial score (nSPS) is 12.0. The Morgan fingerprint density at radius 1 is 0.320 bits per heavy atom. The summed E-state index contributed by atoms with van der Waals surface area (Å²) in [5, 5.41) is 0. The molecule has 0 N–H and O–H groups in total. The molecule has 0 saturated carbocycles. The van der Waals surface area contributed by atoms with Gasteiger partial charge < -0.3 is 0 Å². The molecule has 0 heterocycles. The molecular weight excluding hydrogens is 299 g/mol. The zero-order valence-electron chi connectivity index (χ0n) is 18.7. The Hall–Kier alpha value is 0.0649. The van der Waals surface area contributed by atoms with Crippen molar-refractivity contribution in [2.24, 2.45) is 0 Å². The average molecular weight is 351 g/mol. The Morgan fingerprint density at radius 2 is 0.560 bits per heavy atom. The summed E-state index contributed by atoms with van der Waals surface area (Å²) in [6.07, 6.45) is 29.6. The van der Waals surface area contributed by atoms with Gasteiger partial charge in [0.05, 0.1) is 0 Å². The quantitative estimate of drug-likeness (QED) is 0.151. The highest BCUT2D eigenvalue weighted by Crippen LogP contribution is 2.35. The van der Waals surface area contributed by atoms with Crippen LogP contribution in [0.1, 0.15) is 130 Å². The molecular formula is C24H52B-. The fourth-order valence-electron chi connectivity index (χ4n) is 4.88. The zero-order chi connectivity index (χ0) is 18.6. The standard InChI is InChI=1S/C24H52B/c1-5-9-13-17-21-25(22-18-14-10-6-2,23-19-15-11-7-3)24-20-16-12-8-4/h5-24H2,1-4H3/q-1. The van der Waals surface area contributed by atoms with Crippen LogP contribution in [0.5, 0.6) is 0 Å². The van der Waals surface area contributed by atoms with Gasteiger partial charge >= 0.3 is 0 Å². The fourth-order valence-corrected chi connectivity index (χ4v) is 4.88. The summed E-state index contributed by atoms with van der Waals surface area (Å²) in [7, 11) is 0. The van der Waals surface area contributed by atoms with Crippen LogP contribution in [0.15, 0.2) is 0 Å². The molecule has 0 aromatic rings. The molecule has 0 aliphatic rings. The van der Waals surface area contributed by atoms with Crippen LogP contribution in [0.4, 0.5) is 0 Å². The first kappa shape index (κ1) is 25.1. The molecule has 0 rings (SSSR count). The molecule has 152 valence electrons. The maximum absolute atomic E-state index is 2.35. The van der Waals surface area contributed by atoms with Gasteiger partial charge in [0.2, 0.25) is 0 Å². The lowest BCUT2D eigenvalue weighted by Crippen LogP contribution is -2.34. The molecule has 0 aliphatic heterocycles. The Bertz CT molecular complexity index is 195. The first-order chi connectivity index (χ1) is 12.2. The van der Waals surface area contributed by atoms with Crippen LogP contribution in [0, 0.1) is 0 Å². The zero-order valence-corrected chi connectivity index (χ0v) is 18.7. The lowest BCUT2D eigenvalue weighted by molar-refractivity contribution is 0.649. The van der Waals surface area contributed by atoms with E-state index < -0.39 is 0 Å². The van der Waals surface area contributed by atoms with Gasteiger partial charge in [-0.05, 0) is 0 Å². The van der Waals surface area contributed by atoms with Gasteiger partial charge in [-0.25, -0.2) is 0 Å². The minimum absolute atomic E-state index is 0.0644. The van der Waals surface area contributed by atoms with Crippen LogP contribution < -0.4 is 0 Å². The highest BCUT2D eigenvalue weighted by Gasteiger charge is 2.22. The lowest BCUT2D eigenvalue weighted by atomic mass is 9.17. The van der Waals surface area contributed by atoms with E-state index in [9.17, 15) is 0 Å². The third-order valence-corrected chi connectivity index (χ3v) is 6.68. The van der Waals surface area contributed by atoms with Crippen molar-refractivity contribution in [2.75, 3.05) is 0 Å². The lowest BCUT2D eigenvalue weighted by Gasteiger charge is -2.40. The molecule has 0 atom stereocenters. The minimum atomic E-state index is -0.0644. The van der Waals surface area contributed by atoms with Crippen LogP contribution in [0.3, 0.4) is 0 Å². The van der Waals surface area contributed by atoms with E-state index in [1.807, 2.05) is 0 Å². The first-order valence-corrected chi connectivity index (χ1v) is 12.5. The van der Waals surface area contributed by atoms with E-state index in [4.69, 9.17) is 0 Å². The van der Waals surface area contributed by atoms with Crippen molar-refractivity contribution in [3.8, 4) is 0 Å². The SMILES string of the molecule is CCCCCC[B-](CCCCCC)(CCCCCC)CCCCCC. The predicted octanol–water partition coefficient (Wildman–Crippen LogP) is 9.76.